The van der Waals surface area contributed by atoms with E-state index in [1.54, 1.807) is 43.3 Å². The summed E-state index contributed by atoms with van der Waals surface area (Å²) >= 11 is 6.20. The largest absolute Gasteiger partial charge is 0.494 e. The number of hydrogen-bond acceptors (Lipinski definition) is 5. The molecule has 32 heavy (non-hydrogen) atoms. The highest BCUT2D eigenvalue weighted by atomic mass is 35.5. The van der Waals surface area contributed by atoms with Gasteiger partial charge in [0.1, 0.15) is 17.4 Å². The van der Waals surface area contributed by atoms with Crippen molar-refractivity contribution in [3.05, 3.63) is 91.2 Å². The molecule has 0 aliphatic carbocycles. The van der Waals surface area contributed by atoms with Crippen LogP contribution in [-0.2, 0) is 6.54 Å². The Labute approximate surface area is 191 Å². The number of benzene rings is 2. The maximum atomic E-state index is 13.3. The number of pyridine rings is 1. The second-order valence-corrected chi connectivity index (χ2v) is 8.06. The van der Waals surface area contributed by atoms with E-state index in [-0.39, 0.29) is 23.2 Å². The van der Waals surface area contributed by atoms with Crippen LogP contribution in [0.25, 0.3) is 0 Å². The summed E-state index contributed by atoms with van der Waals surface area (Å²) in [6, 6.07) is 14.3. The molecule has 1 N–H and O–H groups in total. The number of rotatable bonds is 6. The number of nitriles is 1. The van der Waals surface area contributed by atoms with E-state index in [0.717, 1.165) is 21.3 Å². The summed E-state index contributed by atoms with van der Waals surface area (Å²) in [5.41, 5.74) is 1.54. The maximum absolute atomic E-state index is 13.3. The van der Waals surface area contributed by atoms with Crippen LogP contribution in [-0.4, -0.2) is 21.6 Å². The van der Waals surface area contributed by atoms with Gasteiger partial charge in [0.25, 0.3) is 5.56 Å². The van der Waals surface area contributed by atoms with E-state index in [2.05, 4.69) is 0 Å². The lowest BCUT2D eigenvalue weighted by molar-refractivity contribution is 0.0812. The minimum atomic E-state index is -0.978. The number of hydrogen-bond donors (Lipinski definition) is 1. The maximum Gasteiger partial charge on any atom is 0.271 e. The van der Waals surface area contributed by atoms with Gasteiger partial charge in [0.15, 0.2) is 6.10 Å². The number of Topliss-reactive ketones (excluding diaryl/α,β-unsaturated/α-hetero) is 1. The molecule has 3 rings (SSSR count). The van der Waals surface area contributed by atoms with E-state index in [1.807, 2.05) is 26.0 Å². The molecule has 0 spiro atoms. The number of carbonyl (C=O) groups is 1. The minimum Gasteiger partial charge on any atom is -0.494 e. The van der Waals surface area contributed by atoms with Gasteiger partial charge in [0.05, 0.1) is 12.1 Å². The predicted molar refractivity (Wildman–Crippen MR) is 123 cm³/mol. The van der Waals surface area contributed by atoms with Crippen LogP contribution in [0.1, 0.15) is 45.1 Å². The van der Waals surface area contributed by atoms with Gasteiger partial charge in [-0.3, -0.25) is 14.2 Å². The lowest BCUT2D eigenvalue weighted by Gasteiger charge is -2.19. The van der Waals surface area contributed by atoms with Crippen molar-refractivity contribution >= 4 is 17.4 Å². The fourth-order valence-corrected chi connectivity index (χ4v) is 3.70. The van der Waals surface area contributed by atoms with Gasteiger partial charge in [-0.1, -0.05) is 41.9 Å². The molecule has 6 nitrogen and oxygen atoms in total. The number of ketones is 1. The summed E-state index contributed by atoms with van der Waals surface area (Å²) in [5.74, 6) is -0.566. The highest BCUT2D eigenvalue weighted by molar-refractivity contribution is 6.32. The Bertz CT molecular complexity index is 1270. The van der Waals surface area contributed by atoms with Gasteiger partial charge in [-0.05, 0) is 62.1 Å². The van der Waals surface area contributed by atoms with Crippen molar-refractivity contribution in [3.63, 3.8) is 0 Å². The molecule has 0 bridgehead atoms. The van der Waals surface area contributed by atoms with Gasteiger partial charge in [-0.2, -0.15) is 5.26 Å². The topological polar surface area (TPSA) is 92.3 Å². The Hall–Kier alpha value is -3.56. The van der Waals surface area contributed by atoms with Gasteiger partial charge in [0, 0.05) is 5.02 Å². The van der Waals surface area contributed by atoms with Gasteiger partial charge >= 0.3 is 0 Å². The summed E-state index contributed by atoms with van der Waals surface area (Å²) < 4.78 is 6.87. The molecule has 164 valence electrons. The van der Waals surface area contributed by atoms with Crippen molar-refractivity contribution in [1.82, 2.24) is 4.57 Å². The Kier molecular flexibility index (Phi) is 6.71. The molecule has 0 fully saturated rings. The van der Waals surface area contributed by atoms with Crippen LogP contribution in [0.3, 0.4) is 0 Å². The molecule has 0 radical (unpaired) electrons. The third kappa shape index (κ3) is 4.39. The average molecular weight is 451 g/mol. The first-order valence-corrected chi connectivity index (χ1v) is 10.4. The molecule has 1 aromatic heterocycles. The fraction of sp³-hybridized carbons (Fsp3) is 0.240. The molecule has 0 aliphatic heterocycles. The van der Waals surface area contributed by atoms with Crippen LogP contribution in [0.5, 0.6) is 11.6 Å². The smallest absolute Gasteiger partial charge is 0.271 e. The zero-order chi connectivity index (χ0) is 23.6. The third-order valence-corrected chi connectivity index (χ3v) is 5.92. The zero-order valence-electron chi connectivity index (χ0n) is 18.3. The molecule has 0 amide bonds. The van der Waals surface area contributed by atoms with Crippen LogP contribution in [0, 0.1) is 32.1 Å². The standard InChI is InChI=1S/C25H23ClN2O4/c1-14-10-19(11-15(2)22(14)26)32-17(4)23(29)21-16(3)20(12-27)24(30)28(25(21)31)13-18-8-6-5-7-9-18/h5-11,17,31H,13H2,1-4H3. The molecule has 1 heterocycles. The molecule has 1 atom stereocenters. The summed E-state index contributed by atoms with van der Waals surface area (Å²) in [6.45, 7) is 6.72. The number of aromatic hydroxyl groups is 1. The first-order chi connectivity index (χ1) is 15.1. The summed E-state index contributed by atoms with van der Waals surface area (Å²) in [7, 11) is 0. The highest BCUT2D eigenvalue weighted by Gasteiger charge is 2.28. The first-order valence-electron chi connectivity index (χ1n) is 10.0. The molecule has 0 saturated heterocycles. The Morgan fingerprint density at radius 2 is 1.78 bits per heavy atom. The third-order valence-electron chi connectivity index (χ3n) is 5.32. The van der Waals surface area contributed by atoms with Crippen LogP contribution in [0.15, 0.2) is 47.3 Å². The van der Waals surface area contributed by atoms with Gasteiger partial charge in [0.2, 0.25) is 11.7 Å². The molecule has 0 saturated carbocycles. The molecule has 1 unspecified atom stereocenters. The van der Waals surface area contributed by atoms with Crippen LogP contribution in [0.2, 0.25) is 5.02 Å². The van der Waals surface area contributed by atoms with Crippen molar-refractivity contribution in [1.29, 1.82) is 5.26 Å². The second-order valence-electron chi connectivity index (χ2n) is 7.68. The van der Waals surface area contributed by atoms with Crippen LogP contribution in [0.4, 0.5) is 0 Å². The number of aryl methyl sites for hydroxylation is 2. The van der Waals surface area contributed by atoms with Gasteiger partial charge < -0.3 is 9.84 Å². The Morgan fingerprint density at radius 1 is 1.19 bits per heavy atom. The second kappa shape index (κ2) is 9.29. The molecule has 7 heteroatoms. The number of carbonyl (C=O) groups excluding carboxylic acids is 1. The summed E-state index contributed by atoms with van der Waals surface area (Å²) in [6.07, 6.45) is -0.978. The zero-order valence-corrected chi connectivity index (χ0v) is 19.0. The normalized spacial score (nSPS) is 11.6. The van der Waals surface area contributed by atoms with E-state index in [0.29, 0.717) is 10.8 Å². The van der Waals surface area contributed by atoms with Crippen molar-refractivity contribution in [2.45, 2.75) is 40.3 Å². The van der Waals surface area contributed by atoms with Crippen molar-refractivity contribution < 1.29 is 14.6 Å². The highest BCUT2D eigenvalue weighted by Crippen LogP contribution is 2.29. The number of halogens is 1. The van der Waals surface area contributed by atoms with Crippen LogP contribution >= 0.6 is 11.6 Å². The summed E-state index contributed by atoms with van der Waals surface area (Å²) in [5, 5.41) is 21.1. The van der Waals surface area contributed by atoms with E-state index >= 15 is 0 Å². The van der Waals surface area contributed by atoms with Crippen molar-refractivity contribution in [2.75, 3.05) is 0 Å². The van der Waals surface area contributed by atoms with Crippen molar-refractivity contribution in [2.24, 2.45) is 0 Å². The lowest BCUT2D eigenvalue weighted by Crippen LogP contribution is -2.31. The number of aromatic nitrogens is 1. The average Bonchev–Trinajstić information content (AvgIpc) is 2.76. The van der Waals surface area contributed by atoms with Gasteiger partial charge in [-0.25, -0.2) is 0 Å². The first kappa shape index (κ1) is 23.1. The van der Waals surface area contributed by atoms with E-state index < -0.39 is 23.3 Å². The number of ether oxygens (including phenoxy) is 1. The monoisotopic (exact) mass is 450 g/mol. The molecule has 2 aromatic carbocycles. The molecule has 3 aromatic rings. The van der Waals surface area contributed by atoms with Crippen LogP contribution < -0.4 is 10.3 Å². The lowest BCUT2D eigenvalue weighted by atomic mass is 9.99. The molecular weight excluding hydrogens is 428 g/mol. The van der Waals surface area contributed by atoms with Crippen molar-refractivity contribution in [3.8, 4) is 17.7 Å². The Morgan fingerprint density at radius 3 is 2.34 bits per heavy atom. The number of nitrogens with zero attached hydrogens (tertiary/aromatic N) is 2. The Balaban J connectivity index is 2.04. The van der Waals surface area contributed by atoms with E-state index in [9.17, 15) is 20.0 Å². The minimum absolute atomic E-state index is 0.0194. The fourth-order valence-electron chi connectivity index (χ4n) is 3.59. The quantitative estimate of drug-likeness (QED) is 0.549. The predicted octanol–water partition coefficient (Wildman–Crippen LogP) is 4.70. The van der Waals surface area contributed by atoms with E-state index in [1.165, 1.54) is 6.92 Å². The van der Waals surface area contributed by atoms with Gasteiger partial charge in [-0.15, -0.1) is 0 Å². The molecular formula is C25H23ClN2O4. The molecule has 0 aliphatic rings. The summed E-state index contributed by atoms with van der Waals surface area (Å²) in [4.78, 5) is 26.1. The van der Waals surface area contributed by atoms with E-state index in [4.69, 9.17) is 16.3 Å². The SMILES string of the molecule is Cc1cc(OC(C)C(=O)c2c(C)c(C#N)c(=O)n(Cc3ccccc3)c2O)cc(C)c1Cl.